The molecule has 30 heavy (non-hydrogen) atoms. The van der Waals surface area contributed by atoms with Crippen LogP contribution in [-0.2, 0) is 16.1 Å². The molecule has 160 valence electrons. The average molecular weight is 407 g/mol. The van der Waals surface area contributed by atoms with E-state index in [9.17, 15) is 9.59 Å². The van der Waals surface area contributed by atoms with Crippen molar-refractivity contribution in [3.05, 3.63) is 71.8 Å². The molecule has 1 aliphatic heterocycles. The van der Waals surface area contributed by atoms with Crippen LogP contribution in [0.4, 0.5) is 0 Å². The Morgan fingerprint density at radius 1 is 0.933 bits per heavy atom. The van der Waals surface area contributed by atoms with E-state index in [1.807, 2.05) is 46.2 Å². The molecule has 0 radical (unpaired) electrons. The third kappa shape index (κ3) is 5.29. The van der Waals surface area contributed by atoms with Crippen molar-refractivity contribution in [2.75, 3.05) is 13.1 Å². The van der Waals surface area contributed by atoms with Gasteiger partial charge in [0.05, 0.1) is 12.0 Å². The zero-order chi connectivity index (χ0) is 21.3. The van der Waals surface area contributed by atoms with Crippen LogP contribution in [0.15, 0.2) is 60.7 Å². The Labute approximate surface area is 180 Å². The molecule has 0 spiro atoms. The van der Waals surface area contributed by atoms with Crippen LogP contribution in [0, 0.1) is 5.92 Å². The molecular weight excluding hydrogens is 372 g/mol. The summed E-state index contributed by atoms with van der Waals surface area (Å²) in [6.45, 7) is 6.38. The lowest BCUT2D eigenvalue weighted by atomic mass is 9.79. The molecule has 1 aliphatic rings. The van der Waals surface area contributed by atoms with Gasteiger partial charge in [0.1, 0.15) is 0 Å². The average Bonchev–Trinajstić information content (AvgIpc) is 2.79. The monoisotopic (exact) mass is 406 g/mol. The van der Waals surface area contributed by atoms with Gasteiger partial charge in [0.2, 0.25) is 11.8 Å². The smallest absolute Gasteiger partial charge is 0.229 e. The van der Waals surface area contributed by atoms with Crippen LogP contribution in [0.2, 0.25) is 0 Å². The first-order valence-corrected chi connectivity index (χ1v) is 11.3. The SMILES string of the molecule is CCCCN(Cc1ccccc1)C(=O)C[C@H]1C(=O)N(CCCC)[C@@H]1c1ccccc1. The third-order valence-electron chi connectivity index (χ3n) is 5.96. The molecule has 0 aromatic heterocycles. The first-order chi connectivity index (χ1) is 14.7. The standard InChI is InChI=1S/C26H34N2O2/c1-3-5-17-27(20-21-13-9-7-10-14-21)24(29)19-23-25(22-15-11-8-12-16-22)28(26(23)30)18-6-4-2/h7-16,23,25H,3-6,17-20H2,1-2H3/t23-,25-/m1/s1. The van der Waals surface area contributed by atoms with E-state index in [-0.39, 0.29) is 30.2 Å². The van der Waals surface area contributed by atoms with Gasteiger partial charge >= 0.3 is 0 Å². The van der Waals surface area contributed by atoms with Gasteiger partial charge in [-0.05, 0) is 24.0 Å². The van der Waals surface area contributed by atoms with Crippen LogP contribution in [-0.4, -0.2) is 34.7 Å². The molecule has 1 saturated heterocycles. The normalized spacial score (nSPS) is 18.2. The fraction of sp³-hybridized carbons (Fsp3) is 0.462. The van der Waals surface area contributed by atoms with Crippen molar-refractivity contribution in [3.8, 4) is 0 Å². The molecule has 0 bridgehead atoms. The highest BCUT2D eigenvalue weighted by molar-refractivity contribution is 5.91. The Kier molecular flexibility index (Phi) is 8.06. The maximum Gasteiger partial charge on any atom is 0.229 e. The minimum absolute atomic E-state index is 0.0129. The van der Waals surface area contributed by atoms with Gasteiger partial charge in [-0.3, -0.25) is 9.59 Å². The summed E-state index contributed by atoms with van der Waals surface area (Å²) in [6.07, 6.45) is 4.35. The van der Waals surface area contributed by atoms with E-state index in [2.05, 4.69) is 38.1 Å². The number of unbranched alkanes of at least 4 members (excludes halogenated alkanes) is 2. The van der Waals surface area contributed by atoms with E-state index in [0.29, 0.717) is 6.54 Å². The zero-order valence-corrected chi connectivity index (χ0v) is 18.3. The van der Waals surface area contributed by atoms with Gasteiger partial charge in [-0.25, -0.2) is 0 Å². The maximum atomic E-state index is 13.3. The lowest BCUT2D eigenvalue weighted by molar-refractivity contribution is -0.161. The minimum atomic E-state index is -0.253. The Hall–Kier alpha value is -2.62. The molecule has 0 unspecified atom stereocenters. The lowest BCUT2D eigenvalue weighted by Crippen LogP contribution is -2.56. The third-order valence-corrected chi connectivity index (χ3v) is 5.96. The molecular formula is C26H34N2O2. The van der Waals surface area contributed by atoms with Crippen LogP contribution < -0.4 is 0 Å². The zero-order valence-electron chi connectivity index (χ0n) is 18.3. The van der Waals surface area contributed by atoms with Gasteiger partial charge < -0.3 is 9.80 Å². The summed E-state index contributed by atoms with van der Waals surface area (Å²) in [4.78, 5) is 30.1. The lowest BCUT2D eigenvalue weighted by Gasteiger charge is -2.48. The summed E-state index contributed by atoms with van der Waals surface area (Å²) in [7, 11) is 0. The van der Waals surface area contributed by atoms with Gasteiger partial charge in [0, 0.05) is 26.1 Å². The minimum Gasteiger partial charge on any atom is -0.338 e. The summed E-state index contributed by atoms with van der Waals surface area (Å²) in [5, 5.41) is 0. The second kappa shape index (κ2) is 11.0. The number of β-lactam (4-membered cyclic amide) rings is 1. The topological polar surface area (TPSA) is 40.6 Å². The van der Waals surface area contributed by atoms with Crippen molar-refractivity contribution in [3.63, 3.8) is 0 Å². The number of nitrogens with zero attached hydrogens (tertiary/aromatic N) is 2. The number of likely N-dealkylation sites (tertiary alicyclic amines) is 1. The number of carbonyl (C=O) groups excluding carboxylic acids is 2. The maximum absolute atomic E-state index is 13.3. The number of hydrogen-bond donors (Lipinski definition) is 0. The van der Waals surface area contributed by atoms with E-state index in [4.69, 9.17) is 0 Å². The van der Waals surface area contributed by atoms with Gasteiger partial charge in [0.25, 0.3) is 0 Å². The summed E-state index contributed by atoms with van der Waals surface area (Å²) in [6, 6.07) is 20.3. The second-order valence-corrected chi connectivity index (χ2v) is 8.21. The van der Waals surface area contributed by atoms with Crippen molar-refractivity contribution in [2.24, 2.45) is 5.92 Å². The molecule has 1 fully saturated rings. The van der Waals surface area contributed by atoms with Gasteiger partial charge in [0.15, 0.2) is 0 Å². The van der Waals surface area contributed by atoms with Crippen molar-refractivity contribution in [2.45, 2.75) is 58.5 Å². The predicted octanol–water partition coefficient (Wildman–Crippen LogP) is 5.21. The predicted molar refractivity (Wildman–Crippen MR) is 121 cm³/mol. The highest BCUT2D eigenvalue weighted by atomic mass is 16.2. The van der Waals surface area contributed by atoms with E-state index in [1.165, 1.54) is 0 Å². The molecule has 2 atom stereocenters. The molecule has 4 heteroatoms. The van der Waals surface area contributed by atoms with Gasteiger partial charge in [-0.1, -0.05) is 87.4 Å². The van der Waals surface area contributed by atoms with Gasteiger partial charge in [-0.15, -0.1) is 0 Å². The molecule has 1 heterocycles. The molecule has 2 aromatic carbocycles. The van der Waals surface area contributed by atoms with Crippen molar-refractivity contribution < 1.29 is 9.59 Å². The first-order valence-electron chi connectivity index (χ1n) is 11.3. The Morgan fingerprint density at radius 2 is 1.57 bits per heavy atom. The first kappa shape index (κ1) is 22.1. The number of rotatable bonds is 11. The fourth-order valence-corrected chi connectivity index (χ4v) is 4.22. The fourth-order valence-electron chi connectivity index (χ4n) is 4.22. The molecule has 3 rings (SSSR count). The van der Waals surface area contributed by atoms with E-state index >= 15 is 0 Å². The van der Waals surface area contributed by atoms with Crippen LogP contribution in [0.5, 0.6) is 0 Å². The summed E-state index contributed by atoms with van der Waals surface area (Å²) in [5.74, 6) is -0.0424. The van der Waals surface area contributed by atoms with Crippen LogP contribution in [0.25, 0.3) is 0 Å². The molecule has 2 aromatic rings. The summed E-state index contributed by atoms with van der Waals surface area (Å²) >= 11 is 0. The molecule has 2 amide bonds. The molecule has 0 aliphatic carbocycles. The molecule has 0 saturated carbocycles. The Morgan fingerprint density at radius 3 is 2.20 bits per heavy atom. The van der Waals surface area contributed by atoms with Crippen LogP contribution >= 0.6 is 0 Å². The Balaban J connectivity index is 1.73. The van der Waals surface area contributed by atoms with Gasteiger partial charge in [-0.2, -0.15) is 0 Å². The highest BCUT2D eigenvalue weighted by Crippen LogP contribution is 2.42. The molecule has 4 nitrogen and oxygen atoms in total. The quantitative estimate of drug-likeness (QED) is 0.481. The number of amides is 2. The second-order valence-electron chi connectivity index (χ2n) is 8.21. The Bertz CT molecular complexity index is 806. The van der Waals surface area contributed by atoms with E-state index < -0.39 is 0 Å². The van der Waals surface area contributed by atoms with Crippen LogP contribution in [0.3, 0.4) is 0 Å². The largest absolute Gasteiger partial charge is 0.338 e. The number of benzene rings is 2. The highest BCUT2D eigenvalue weighted by Gasteiger charge is 2.48. The van der Waals surface area contributed by atoms with E-state index in [1.54, 1.807) is 0 Å². The number of hydrogen-bond acceptors (Lipinski definition) is 2. The van der Waals surface area contributed by atoms with Crippen molar-refractivity contribution >= 4 is 11.8 Å². The van der Waals surface area contributed by atoms with Crippen molar-refractivity contribution in [1.82, 2.24) is 9.80 Å². The van der Waals surface area contributed by atoms with Crippen molar-refractivity contribution in [1.29, 1.82) is 0 Å². The summed E-state index contributed by atoms with van der Waals surface area (Å²) < 4.78 is 0. The number of carbonyl (C=O) groups is 2. The summed E-state index contributed by atoms with van der Waals surface area (Å²) in [5.41, 5.74) is 2.26. The van der Waals surface area contributed by atoms with E-state index in [0.717, 1.165) is 49.9 Å². The van der Waals surface area contributed by atoms with Crippen LogP contribution in [0.1, 0.15) is 63.1 Å². The molecule has 0 N–H and O–H groups in total.